The van der Waals surface area contributed by atoms with Crippen LogP contribution in [0.3, 0.4) is 0 Å². The molecule has 1 aromatic heterocycles. The Bertz CT molecular complexity index is 1400. The predicted octanol–water partition coefficient (Wildman–Crippen LogP) is 1.79. The Hall–Kier alpha value is -4.72. The van der Waals surface area contributed by atoms with Gasteiger partial charge in [0.15, 0.2) is 0 Å². The molecule has 1 aliphatic heterocycles. The van der Waals surface area contributed by atoms with E-state index in [0.29, 0.717) is 18.8 Å². The molecule has 1 fully saturated rings. The molecule has 1 aliphatic rings. The van der Waals surface area contributed by atoms with Crippen molar-refractivity contribution in [2.45, 2.75) is 78.0 Å². The van der Waals surface area contributed by atoms with E-state index >= 15 is 0 Å². The smallest absolute Gasteiger partial charge is 0.408 e. The standard InChI is InChI=1S/C32H44N6O8/c1-20-15-22(16-21(2)36-20)19-45-24-9-7-23(8-10-24)32(6)12-14-38(29(32)42)25(28(41)37-44)11-13-33-26(39)17-34-27(40)18-35-30(43)46-31(3,4)5/h7-10,15-16,25,44H,11-14,17-19H2,1-6H3,(H,33,39)(H,34,40)(H,35,43)(H,37,41). The average molecular weight is 641 g/mol. The van der Waals surface area contributed by atoms with E-state index in [0.717, 1.165) is 22.5 Å². The Kier molecular flexibility index (Phi) is 12.1. The number of amides is 5. The SMILES string of the molecule is Cc1cc(COc2ccc(C3(C)CCN(C(CCNC(=O)CNC(=O)CNC(=O)OC(C)(C)C)C(=O)NO)C3=O)cc2)cc(C)n1. The van der Waals surface area contributed by atoms with Crippen LogP contribution in [0.4, 0.5) is 4.79 Å². The summed E-state index contributed by atoms with van der Waals surface area (Å²) in [5.74, 6) is -1.56. The summed E-state index contributed by atoms with van der Waals surface area (Å²) in [6.07, 6.45) is -0.303. The van der Waals surface area contributed by atoms with Crippen molar-refractivity contribution >= 4 is 29.7 Å². The van der Waals surface area contributed by atoms with Gasteiger partial charge in [0.2, 0.25) is 17.7 Å². The number of aryl methyl sites for hydroxylation is 2. The van der Waals surface area contributed by atoms with Crippen LogP contribution in [0.15, 0.2) is 36.4 Å². The summed E-state index contributed by atoms with van der Waals surface area (Å²) in [6, 6.07) is 10.2. The third-order valence-electron chi connectivity index (χ3n) is 7.39. The number of alkyl carbamates (subject to hydrolysis) is 1. The summed E-state index contributed by atoms with van der Waals surface area (Å²) in [5.41, 5.74) is 3.58. The number of rotatable bonds is 13. The molecule has 2 atom stereocenters. The van der Waals surface area contributed by atoms with Crippen LogP contribution >= 0.6 is 0 Å². The van der Waals surface area contributed by atoms with Crippen LogP contribution in [0.2, 0.25) is 0 Å². The maximum Gasteiger partial charge on any atom is 0.408 e. The number of hydrogen-bond donors (Lipinski definition) is 5. The lowest BCUT2D eigenvalue weighted by molar-refractivity contribution is -0.144. The molecule has 1 aromatic carbocycles. The van der Waals surface area contributed by atoms with Crippen molar-refractivity contribution in [2.24, 2.45) is 0 Å². The lowest BCUT2D eigenvalue weighted by Gasteiger charge is -2.29. The van der Waals surface area contributed by atoms with Crippen molar-refractivity contribution < 1.29 is 38.7 Å². The van der Waals surface area contributed by atoms with E-state index in [1.165, 1.54) is 4.90 Å². The zero-order chi connectivity index (χ0) is 34.1. The van der Waals surface area contributed by atoms with E-state index in [1.807, 2.05) is 45.0 Å². The molecular formula is C32H44N6O8. The normalized spacial score (nSPS) is 16.8. The largest absolute Gasteiger partial charge is 0.489 e. The molecule has 14 heteroatoms. The van der Waals surface area contributed by atoms with Crippen LogP contribution < -0.4 is 26.2 Å². The van der Waals surface area contributed by atoms with E-state index in [1.54, 1.807) is 38.4 Å². The zero-order valence-corrected chi connectivity index (χ0v) is 27.2. The number of ether oxygens (including phenoxy) is 2. The van der Waals surface area contributed by atoms with Gasteiger partial charge < -0.3 is 30.3 Å². The summed E-state index contributed by atoms with van der Waals surface area (Å²) < 4.78 is 11.0. The minimum atomic E-state index is -1.04. The van der Waals surface area contributed by atoms with E-state index in [9.17, 15) is 29.2 Å². The zero-order valence-electron chi connectivity index (χ0n) is 27.2. The highest BCUT2D eigenvalue weighted by Gasteiger charge is 2.47. The second-order valence-electron chi connectivity index (χ2n) is 12.4. The van der Waals surface area contributed by atoms with E-state index in [-0.39, 0.29) is 38.5 Å². The minimum absolute atomic E-state index is 0.00793. The van der Waals surface area contributed by atoms with Crippen LogP contribution in [0.1, 0.15) is 63.1 Å². The molecule has 2 unspecified atom stereocenters. The Morgan fingerprint density at radius 2 is 1.61 bits per heavy atom. The molecule has 0 radical (unpaired) electrons. The van der Waals surface area contributed by atoms with Gasteiger partial charge in [-0.2, -0.15) is 0 Å². The number of hydroxylamine groups is 1. The molecule has 250 valence electrons. The Balaban J connectivity index is 1.51. The fourth-order valence-electron chi connectivity index (χ4n) is 5.15. The van der Waals surface area contributed by atoms with E-state index in [4.69, 9.17) is 9.47 Å². The highest BCUT2D eigenvalue weighted by molar-refractivity contribution is 5.94. The first-order valence-corrected chi connectivity index (χ1v) is 15.0. The van der Waals surface area contributed by atoms with Crippen molar-refractivity contribution in [1.82, 2.24) is 31.3 Å². The first-order valence-electron chi connectivity index (χ1n) is 15.0. The summed E-state index contributed by atoms with van der Waals surface area (Å²) in [4.78, 5) is 67.9. The van der Waals surface area contributed by atoms with Gasteiger partial charge in [-0.15, -0.1) is 0 Å². The van der Waals surface area contributed by atoms with Gasteiger partial charge in [0.1, 0.15) is 30.5 Å². The van der Waals surface area contributed by atoms with Crippen molar-refractivity contribution in [3.63, 3.8) is 0 Å². The maximum atomic E-state index is 13.7. The van der Waals surface area contributed by atoms with Crippen LogP contribution in [0, 0.1) is 13.8 Å². The Morgan fingerprint density at radius 3 is 2.22 bits per heavy atom. The molecule has 1 saturated heterocycles. The minimum Gasteiger partial charge on any atom is -0.489 e. The molecule has 0 bridgehead atoms. The fourth-order valence-corrected chi connectivity index (χ4v) is 5.15. The molecule has 14 nitrogen and oxygen atoms in total. The topological polar surface area (TPSA) is 188 Å². The number of aromatic nitrogens is 1. The van der Waals surface area contributed by atoms with E-state index in [2.05, 4.69) is 20.9 Å². The number of nitrogens with zero attached hydrogens (tertiary/aromatic N) is 2. The summed E-state index contributed by atoms with van der Waals surface area (Å²) in [7, 11) is 0. The van der Waals surface area contributed by atoms with Crippen LogP contribution in [-0.2, 0) is 35.9 Å². The summed E-state index contributed by atoms with van der Waals surface area (Å²) in [6.45, 7) is 10.6. The third-order valence-corrected chi connectivity index (χ3v) is 7.39. The molecule has 2 heterocycles. The molecular weight excluding hydrogens is 596 g/mol. The molecule has 5 N–H and O–H groups in total. The molecule has 0 saturated carbocycles. The maximum absolute atomic E-state index is 13.7. The van der Waals surface area contributed by atoms with Crippen molar-refractivity contribution in [2.75, 3.05) is 26.2 Å². The van der Waals surface area contributed by atoms with Crippen LogP contribution in [-0.4, -0.2) is 82.6 Å². The quantitative estimate of drug-likeness (QED) is 0.161. The fraction of sp³-hybridized carbons (Fsp3) is 0.500. The number of carbonyl (C=O) groups excluding carboxylic acids is 5. The highest BCUT2D eigenvalue weighted by atomic mass is 16.6. The van der Waals surface area contributed by atoms with E-state index < -0.39 is 40.9 Å². The molecule has 46 heavy (non-hydrogen) atoms. The highest BCUT2D eigenvalue weighted by Crippen LogP contribution is 2.37. The first kappa shape index (κ1) is 35.8. The molecule has 5 amide bonds. The van der Waals surface area contributed by atoms with Gasteiger partial charge in [-0.3, -0.25) is 29.4 Å². The predicted molar refractivity (Wildman–Crippen MR) is 167 cm³/mol. The van der Waals surface area contributed by atoms with Crippen molar-refractivity contribution in [3.8, 4) is 5.75 Å². The van der Waals surface area contributed by atoms with Gasteiger partial charge >= 0.3 is 6.09 Å². The number of benzene rings is 1. The molecule has 0 aliphatic carbocycles. The second kappa shape index (κ2) is 15.5. The van der Waals surface area contributed by atoms with Gasteiger partial charge in [-0.05, 0) is 89.8 Å². The van der Waals surface area contributed by atoms with Crippen molar-refractivity contribution in [1.29, 1.82) is 0 Å². The number of carbonyl (C=O) groups is 5. The molecule has 0 spiro atoms. The number of pyridine rings is 1. The number of likely N-dealkylation sites (tertiary alicyclic amines) is 1. The lowest BCUT2D eigenvalue weighted by atomic mass is 9.81. The van der Waals surface area contributed by atoms with Gasteiger partial charge in [-0.25, -0.2) is 10.3 Å². The average Bonchev–Trinajstić information content (AvgIpc) is 3.29. The van der Waals surface area contributed by atoms with Gasteiger partial charge in [0.05, 0.1) is 12.0 Å². The summed E-state index contributed by atoms with van der Waals surface area (Å²) in [5, 5.41) is 16.6. The Labute approximate surface area is 268 Å². The van der Waals surface area contributed by atoms with Crippen molar-refractivity contribution in [3.05, 3.63) is 58.9 Å². The first-order chi connectivity index (χ1) is 21.6. The monoisotopic (exact) mass is 640 g/mol. The number of nitrogens with one attached hydrogen (secondary N) is 4. The van der Waals surface area contributed by atoms with Gasteiger partial charge in [0.25, 0.3) is 5.91 Å². The van der Waals surface area contributed by atoms with Gasteiger partial charge in [-0.1, -0.05) is 12.1 Å². The second-order valence-corrected chi connectivity index (χ2v) is 12.4. The van der Waals surface area contributed by atoms with Gasteiger partial charge in [0, 0.05) is 24.5 Å². The molecule has 3 rings (SSSR count). The summed E-state index contributed by atoms with van der Waals surface area (Å²) >= 11 is 0. The van der Waals surface area contributed by atoms with Crippen LogP contribution in [0.5, 0.6) is 5.75 Å². The lowest BCUT2D eigenvalue weighted by Crippen LogP contribution is -2.50. The Morgan fingerprint density at radius 1 is 1.00 bits per heavy atom. The van der Waals surface area contributed by atoms with Crippen LogP contribution in [0.25, 0.3) is 0 Å². The third kappa shape index (κ3) is 10.2. The number of hydrogen-bond acceptors (Lipinski definition) is 9. The molecule has 2 aromatic rings.